The SMILES string of the molecule is CNC(=O)c1ccn([C@@H]2CCCN(Cc3cncn3C)C2)n1. The van der Waals surface area contributed by atoms with Gasteiger partial charge in [-0.2, -0.15) is 5.10 Å². The molecule has 0 radical (unpaired) electrons. The first-order valence-electron chi connectivity index (χ1n) is 7.62. The van der Waals surface area contributed by atoms with Crippen molar-refractivity contribution in [3.8, 4) is 0 Å². The second-order valence-electron chi connectivity index (χ2n) is 5.79. The van der Waals surface area contributed by atoms with Gasteiger partial charge in [0.1, 0.15) is 5.69 Å². The van der Waals surface area contributed by atoms with Crippen molar-refractivity contribution in [3.63, 3.8) is 0 Å². The predicted octanol–water partition coefficient (Wildman–Crippen LogP) is 0.813. The Morgan fingerprint density at radius 1 is 1.50 bits per heavy atom. The van der Waals surface area contributed by atoms with Crippen LogP contribution in [0.15, 0.2) is 24.8 Å². The van der Waals surface area contributed by atoms with Crippen molar-refractivity contribution in [1.29, 1.82) is 0 Å². The zero-order chi connectivity index (χ0) is 15.5. The number of piperidine rings is 1. The summed E-state index contributed by atoms with van der Waals surface area (Å²) >= 11 is 0. The third-order valence-corrected chi connectivity index (χ3v) is 4.22. The number of hydrogen-bond donors (Lipinski definition) is 1. The van der Waals surface area contributed by atoms with Gasteiger partial charge in [-0.25, -0.2) is 4.98 Å². The van der Waals surface area contributed by atoms with Gasteiger partial charge in [0.25, 0.3) is 5.91 Å². The number of hydrogen-bond acceptors (Lipinski definition) is 4. The first kappa shape index (κ1) is 14.8. The highest BCUT2D eigenvalue weighted by atomic mass is 16.1. The molecule has 0 bridgehead atoms. The molecule has 7 nitrogen and oxygen atoms in total. The van der Waals surface area contributed by atoms with Crippen molar-refractivity contribution in [2.45, 2.75) is 25.4 Å². The predicted molar refractivity (Wildman–Crippen MR) is 82.4 cm³/mol. The quantitative estimate of drug-likeness (QED) is 0.907. The van der Waals surface area contributed by atoms with Crippen LogP contribution in [0.25, 0.3) is 0 Å². The Hall–Kier alpha value is -2.15. The van der Waals surface area contributed by atoms with Gasteiger partial charge in [0, 0.05) is 39.6 Å². The van der Waals surface area contributed by atoms with E-state index in [0.717, 1.165) is 32.5 Å². The van der Waals surface area contributed by atoms with E-state index in [1.807, 2.05) is 30.5 Å². The molecule has 0 aliphatic carbocycles. The lowest BCUT2D eigenvalue weighted by atomic mass is 10.1. The molecule has 3 heterocycles. The number of aromatic nitrogens is 4. The molecule has 1 aliphatic rings. The highest BCUT2D eigenvalue weighted by Crippen LogP contribution is 2.22. The number of amides is 1. The molecule has 1 saturated heterocycles. The lowest BCUT2D eigenvalue weighted by Gasteiger charge is -2.32. The summed E-state index contributed by atoms with van der Waals surface area (Å²) in [5.41, 5.74) is 1.69. The Morgan fingerprint density at radius 2 is 2.36 bits per heavy atom. The van der Waals surface area contributed by atoms with Crippen molar-refractivity contribution in [2.75, 3.05) is 20.1 Å². The number of nitrogens with one attached hydrogen (secondary N) is 1. The maximum atomic E-state index is 11.6. The molecule has 0 spiro atoms. The van der Waals surface area contributed by atoms with Crippen LogP contribution in [0.5, 0.6) is 0 Å². The zero-order valence-electron chi connectivity index (χ0n) is 13.1. The Bertz CT molecular complexity index is 646. The highest BCUT2D eigenvalue weighted by Gasteiger charge is 2.23. The summed E-state index contributed by atoms with van der Waals surface area (Å²) in [5.74, 6) is -0.138. The van der Waals surface area contributed by atoms with Gasteiger partial charge < -0.3 is 9.88 Å². The van der Waals surface area contributed by atoms with E-state index in [9.17, 15) is 4.79 Å². The molecular formula is C15H22N6O. The zero-order valence-corrected chi connectivity index (χ0v) is 13.1. The van der Waals surface area contributed by atoms with Crippen molar-refractivity contribution in [2.24, 2.45) is 7.05 Å². The highest BCUT2D eigenvalue weighted by molar-refractivity contribution is 5.91. The summed E-state index contributed by atoms with van der Waals surface area (Å²) in [6, 6.07) is 2.10. The van der Waals surface area contributed by atoms with Gasteiger partial charge in [-0.1, -0.05) is 0 Å². The summed E-state index contributed by atoms with van der Waals surface area (Å²) in [6.07, 6.45) is 7.89. The Labute approximate surface area is 129 Å². The molecule has 118 valence electrons. The fraction of sp³-hybridized carbons (Fsp3) is 0.533. The van der Waals surface area contributed by atoms with E-state index in [1.54, 1.807) is 13.1 Å². The minimum Gasteiger partial charge on any atom is -0.354 e. The first-order valence-corrected chi connectivity index (χ1v) is 7.62. The average molecular weight is 302 g/mol. The number of carbonyl (C=O) groups excluding carboxylic acids is 1. The summed E-state index contributed by atoms with van der Waals surface area (Å²) < 4.78 is 3.99. The molecule has 7 heteroatoms. The molecule has 1 fully saturated rings. The molecule has 1 N–H and O–H groups in total. The van der Waals surface area contributed by atoms with E-state index in [2.05, 4.69) is 24.9 Å². The Kier molecular flexibility index (Phi) is 4.24. The van der Waals surface area contributed by atoms with Crippen molar-refractivity contribution >= 4 is 5.91 Å². The number of rotatable bonds is 4. The van der Waals surface area contributed by atoms with Crippen LogP contribution < -0.4 is 5.32 Å². The van der Waals surface area contributed by atoms with E-state index >= 15 is 0 Å². The van der Waals surface area contributed by atoms with E-state index in [0.29, 0.717) is 11.7 Å². The average Bonchev–Trinajstić information content (AvgIpc) is 3.17. The molecule has 3 rings (SSSR count). The Balaban J connectivity index is 1.66. The van der Waals surface area contributed by atoms with Crippen molar-refractivity contribution in [3.05, 3.63) is 36.2 Å². The fourth-order valence-corrected chi connectivity index (χ4v) is 2.95. The summed E-state index contributed by atoms with van der Waals surface area (Å²) in [5, 5.41) is 7.02. The van der Waals surface area contributed by atoms with Gasteiger partial charge in [0.15, 0.2) is 0 Å². The van der Waals surface area contributed by atoms with E-state index in [1.165, 1.54) is 5.69 Å². The second kappa shape index (κ2) is 6.31. The van der Waals surface area contributed by atoms with Crippen LogP contribution in [-0.4, -0.2) is 50.3 Å². The van der Waals surface area contributed by atoms with Gasteiger partial charge in [-0.15, -0.1) is 0 Å². The van der Waals surface area contributed by atoms with Gasteiger partial charge in [0.2, 0.25) is 0 Å². The molecule has 2 aromatic heterocycles. The largest absolute Gasteiger partial charge is 0.354 e. The Morgan fingerprint density at radius 3 is 3.09 bits per heavy atom. The van der Waals surface area contributed by atoms with Gasteiger partial charge in [-0.05, 0) is 25.5 Å². The molecule has 1 aliphatic heterocycles. The lowest BCUT2D eigenvalue weighted by Crippen LogP contribution is -2.36. The van der Waals surface area contributed by atoms with Gasteiger partial charge in [-0.3, -0.25) is 14.4 Å². The van der Waals surface area contributed by atoms with Crippen molar-refractivity contribution < 1.29 is 4.79 Å². The maximum absolute atomic E-state index is 11.6. The summed E-state index contributed by atoms with van der Waals surface area (Å²) in [7, 11) is 3.64. The van der Waals surface area contributed by atoms with Crippen LogP contribution in [0.4, 0.5) is 0 Å². The maximum Gasteiger partial charge on any atom is 0.271 e. The third-order valence-electron chi connectivity index (χ3n) is 4.22. The number of likely N-dealkylation sites (tertiary alicyclic amines) is 1. The smallest absolute Gasteiger partial charge is 0.271 e. The summed E-state index contributed by atoms with van der Waals surface area (Å²) in [4.78, 5) is 18.2. The van der Waals surface area contributed by atoms with E-state index in [4.69, 9.17) is 0 Å². The van der Waals surface area contributed by atoms with Gasteiger partial charge in [0.05, 0.1) is 18.1 Å². The van der Waals surface area contributed by atoms with E-state index in [-0.39, 0.29) is 5.91 Å². The number of aryl methyl sites for hydroxylation is 1. The normalized spacial score (nSPS) is 19.3. The topological polar surface area (TPSA) is 68.0 Å². The summed E-state index contributed by atoms with van der Waals surface area (Å²) in [6.45, 7) is 2.93. The number of carbonyl (C=O) groups is 1. The van der Waals surface area contributed by atoms with Crippen LogP contribution in [0.3, 0.4) is 0 Å². The lowest BCUT2D eigenvalue weighted by molar-refractivity contribution is 0.0955. The minimum absolute atomic E-state index is 0.138. The van der Waals surface area contributed by atoms with Gasteiger partial charge >= 0.3 is 0 Å². The molecule has 0 aromatic carbocycles. The minimum atomic E-state index is -0.138. The third kappa shape index (κ3) is 3.04. The molecule has 0 saturated carbocycles. The van der Waals surface area contributed by atoms with Crippen LogP contribution >= 0.6 is 0 Å². The van der Waals surface area contributed by atoms with Crippen LogP contribution in [0.1, 0.15) is 35.1 Å². The molecule has 22 heavy (non-hydrogen) atoms. The van der Waals surface area contributed by atoms with Crippen molar-refractivity contribution in [1.82, 2.24) is 29.5 Å². The monoisotopic (exact) mass is 302 g/mol. The molecule has 1 atom stereocenters. The molecular weight excluding hydrogens is 280 g/mol. The molecule has 1 amide bonds. The fourth-order valence-electron chi connectivity index (χ4n) is 2.95. The van der Waals surface area contributed by atoms with E-state index < -0.39 is 0 Å². The number of nitrogens with zero attached hydrogens (tertiary/aromatic N) is 5. The standard InChI is InChI=1S/C15H22N6O/c1-16-15(22)14-5-7-21(18-14)12-4-3-6-20(9-12)10-13-8-17-11-19(13)2/h5,7-8,11-12H,3-4,6,9-10H2,1-2H3,(H,16,22)/t12-/m1/s1. The number of imidazole rings is 1. The molecule has 2 aromatic rings. The first-order chi connectivity index (χ1) is 10.7. The van der Waals surface area contributed by atoms with Crippen LogP contribution in [0.2, 0.25) is 0 Å². The van der Waals surface area contributed by atoms with Crippen LogP contribution in [0, 0.1) is 0 Å². The van der Waals surface area contributed by atoms with Crippen LogP contribution in [-0.2, 0) is 13.6 Å². The molecule has 0 unspecified atom stereocenters. The second-order valence-corrected chi connectivity index (χ2v) is 5.79.